The van der Waals surface area contributed by atoms with Crippen molar-refractivity contribution in [2.75, 3.05) is 7.05 Å². The Balaban J connectivity index is 2.22. The molecule has 1 amide bonds. The van der Waals surface area contributed by atoms with E-state index in [2.05, 4.69) is 25.8 Å². The second-order valence-corrected chi connectivity index (χ2v) is 8.65. The summed E-state index contributed by atoms with van der Waals surface area (Å²) in [6.07, 6.45) is 0.994. The van der Waals surface area contributed by atoms with Gasteiger partial charge in [0.15, 0.2) is 0 Å². The molecule has 22 heavy (non-hydrogen) atoms. The topological polar surface area (TPSA) is 33.2 Å². The van der Waals surface area contributed by atoms with Crippen molar-refractivity contribution in [3.05, 3.63) is 27.0 Å². The highest BCUT2D eigenvalue weighted by Gasteiger charge is 2.23. The minimum atomic E-state index is 0.0528. The molecule has 0 saturated carbocycles. The average Bonchev–Trinajstić information content (AvgIpc) is 3.02. The molecule has 2 aromatic heterocycles. The van der Waals surface area contributed by atoms with Crippen LogP contribution >= 0.6 is 34.3 Å². The molecule has 0 fully saturated rings. The summed E-state index contributed by atoms with van der Waals surface area (Å²) in [6, 6.07) is 4.02. The summed E-state index contributed by atoms with van der Waals surface area (Å²) in [7, 11) is 1.87. The molecule has 0 aliphatic heterocycles. The minimum Gasteiger partial charge on any atom is -0.338 e. The molecule has 0 spiro atoms. The van der Waals surface area contributed by atoms with Crippen LogP contribution in [-0.4, -0.2) is 28.9 Å². The quantitative estimate of drug-likeness (QED) is 0.724. The molecule has 2 aromatic rings. The van der Waals surface area contributed by atoms with E-state index >= 15 is 0 Å². The molecule has 0 saturated heterocycles. The fourth-order valence-electron chi connectivity index (χ4n) is 2.33. The van der Waals surface area contributed by atoms with Crippen LogP contribution < -0.4 is 0 Å². The van der Waals surface area contributed by atoms with Crippen molar-refractivity contribution in [2.24, 2.45) is 5.92 Å². The van der Waals surface area contributed by atoms with Crippen molar-refractivity contribution in [2.45, 2.75) is 40.2 Å². The van der Waals surface area contributed by atoms with Crippen LogP contribution in [0, 0.1) is 12.8 Å². The van der Waals surface area contributed by atoms with Gasteiger partial charge in [0.05, 0.1) is 14.9 Å². The average molecular weight is 357 g/mol. The number of thiophene rings is 1. The zero-order valence-corrected chi connectivity index (χ0v) is 15.9. The number of amides is 1. The van der Waals surface area contributed by atoms with Gasteiger partial charge in [0, 0.05) is 13.1 Å². The molecular formula is C16H21ClN2OS2. The molecule has 2 heterocycles. The normalized spacial score (nSPS) is 12.7. The zero-order valence-electron chi connectivity index (χ0n) is 13.5. The highest BCUT2D eigenvalue weighted by Crippen LogP contribution is 2.35. The van der Waals surface area contributed by atoms with Gasteiger partial charge in [-0.25, -0.2) is 4.98 Å². The van der Waals surface area contributed by atoms with E-state index in [-0.39, 0.29) is 11.9 Å². The smallest absolute Gasteiger partial charge is 0.265 e. The van der Waals surface area contributed by atoms with E-state index in [4.69, 9.17) is 11.6 Å². The zero-order chi connectivity index (χ0) is 16.4. The van der Waals surface area contributed by atoms with Crippen molar-refractivity contribution in [1.82, 2.24) is 9.88 Å². The fourth-order valence-corrected chi connectivity index (χ4v) is 4.48. The number of carbonyl (C=O) groups excluding carboxylic acids is 1. The maximum Gasteiger partial charge on any atom is 0.265 e. The van der Waals surface area contributed by atoms with Gasteiger partial charge >= 0.3 is 0 Å². The van der Waals surface area contributed by atoms with Crippen LogP contribution in [0.15, 0.2) is 12.1 Å². The lowest BCUT2D eigenvalue weighted by atomic mass is 10.0. The van der Waals surface area contributed by atoms with Crippen molar-refractivity contribution in [3.63, 3.8) is 0 Å². The summed E-state index contributed by atoms with van der Waals surface area (Å²) in [5, 5.41) is 0.864. The third kappa shape index (κ3) is 3.89. The number of carbonyl (C=O) groups is 1. The summed E-state index contributed by atoms with van der Waals surface area (Å²) >= 11 is 8.91. The largest absolute Gasteiger partial charge is 0.338 e. The Morgan fingerprint density at radius 3 is 2.55 bits per heavy atom. The standard InChI is InChI=1S/C16H21ClN2OS2/c1-9(2)8-10(3)19(5)16(20)14-11(4)18-15(22-14)12-6-7-13(17)21-12/h6-7,9-10H,8H2,1-5H3. The Morgan fingerprint density at radius 1 is 1.32 bits per heavy atom. The second kappa shape index (κ2) is 7.11. The molecule has 2 rings (SSSR count). The first-order chi connectivity index (χ1) is 10.3. The number of hydrogen-bond donors (Lipinski definition) is 0. The lowest BCUT2D eigenvalue weighted by Crippen LogP contribution is -2.35. The first kappa shape index (κ1) is 17.4. The SMILES string of the molecule is Cc1nc(-c2ccc(Cl)s2)sc1C(=O)N(C)C(C)CC(C)C. The van der Waals surface area contributed by atoms with Crippen LogP contribution in [0.3, 0.4) is 0 Å². The Hall–Kier alpha value is -0.910. The number of nitrogens with zero attached hydrogens (tertiary/aromatic N) is 2. The van der Waals surface area contributed by atoms with Gasteiger partial charge in [0.2, 0.25) is 0 Å². The molecule has 0 radical (unpaired) electrons. The summed E-state index contributed by atoms with van der Waals surface area (Å²) in [5.41, 5.74) is 0.790. The van der Waals surface area contributed by atoms with Gasteiger partial charge in [0.1, 0.15) is 9.88 Å². The van der Waals surface area contributed by atoms with Crippen molar-refractivity contribution in [3.8, 4) is 9.88 Å². The van der Waals surface area contributed by atoms with Crippen molar-refractivity contribution in [1.29, 1.82) is 0 Å². The second-order valence-electron chi connectivity index (χ2n) is 5.93. The number of hydrogen-bond acceptors (Lipinski definition) is 4. The number of aromatic nitrogens is 1. The Morgan fingerprint density at radius 2 is 2.00 bits per heavy atom. The van der Waals surface area contributed by atoms with Gasteiger partial charge in [-0.15, -0.1) is 22.7 Å². The summed E-state index contributed by atoms with van der Waals surface area (Å²) in [4.78, 5) is 20.8. The van der Waals surface area contributed by atoms with Crippen LogP contribution in [0.1, 0.15) is 42.6 Å². The lowest BCUT2D eigenvalue weighted by Gasteiger charge is -2.26. The molecule has 0 bridgehead atoms. The molecule has 0 aromatic carbocycles. The lowest BCUT2D eigenvalue weighted by molar-refractivity contribution is 0.0732. The van der Waals surface area contributed by atoms with E-state index in [1.54, 1.807) is 0 Å². The Kier molecular flexibility index (Phi) is 5.64. The molecule has 6 heteroatoms. The van der Waals surface area contributed by atoms with E-state index in [1.807, 2.05) is 31.0 Å². The summed E-state index contributed by atoms with van der Waals surface area (Å²) < 4.78 is 0.735. The summed E-state index contributed by atoms with van der Waals surface area (Å²) in [5.74, 6) is 0.619. The fraction of sp³-hybridized carbons (Fsp3) is 0.500. The van der Waals surface area contributed by atoms with Crippen LogP contribution in [-0.2, 0) is 0 Å². The van der Waals surface area contributed by atoms with Crippen LogP contribution in [0.25, 0.3) is 9.88 Å². The molecule has 0 aliphatic rings. The molecule has 1 unspecified atom stereocenters. The van der Waals surface area contributed by atoms with Crippen LogP contribution in [0.2, 0.25) is 4.34 Å². The summed E-state index contributed by atoms with van der Waals surface area (Å²) in [6.45, 7) is 8.33. The third-order valence-electron chi connectivity index (χ3n) is 3.57. The number of rotatable bonds is 5. The van der Waals surface area contributed by atoms with Gasteiger partial charge in [-0.2, -0.15) is 0 Å². The number of thiazole rings is 1. The van der Waals surface area contributed by atoms with Gasteiger partial charge in [-0.05, 0) is 38.3 Å². The maximum absolute atomic E-state index is 12.7. The van der Waals surface area contributed by atoms with E-state index in [0.717, 1.165) is 31.2 Å². The third-order valence-corrected chi connectivity index (χ3v) is 6.11. The highest BCUT2D eigenvalue weighted by atomic mass is 35.5. The van der Waals surface area contributed by atoms with E-state index in [1.165, 1.54) is 22.7 Å². The molecule has 3 nitrogen and oxygen atoms in total. The van der Waals surface area contributed by atoms with Crippen LogP contribution in [0.4, 0.5) is 0 Å². The van der Waals surface area contributed by atoms with Crippen molar-refractivity contribution < 1.29 is 4.79 Å². The predicted octanol–water partition coefficient (Wildman–Crippen LogP) is 5.34. The van der Waals surface area contributed by atoms with E-state index in [9.17, 15) is 4.79 Å². The maximum atomic E-state index is 12.7. The first-order valence-electron chi connectivity index (χ1n) is 7.30. The Labute approximate surface area is 144 Å². The molecule has 0 aliphatic carbocycles. The van der Waals surface area contributed by atoms with E-state index < -0.39 is 0 Å². The van der Waals surface area contributed by atoms with Gasteiger partial charge in [-0.1, -0.05) is 25.4 Å². The predicted molar refractivity (Wildman–Crippen MR) is 96.2 cm³/mol. The van der Waals surface area contributed by atoms with Gasteiger partial charge in [-0.3, -0.25) is 4.79 Å². The first-order valence-corrected chi connectivity index (χ1v) is 9.31. The highest BCUT2D eigenvalue weighted by molar-refractivity contribution is 7.24. The minimum absolute atomic E-state index is 0.0528. The molecular weight excluding hydrogens is 336 g/mol. The van der Waals surface area contributed by atoms with Crippen molar-refractivity contribution >= 4 is 40.2 Å². The Bertz CT molecular complexity index is 663. The van der Waals surface area contributed by atoms with Crippen LogP contribution in [0.5, 0.6) is 0 Å². The van der Waals surface area contributed by atoms with Gasteiger partial charge < -0.3 is 4.90 Å². The molecule has 1 atom stereocenters. The molecule has 0 N–H and O–H groups in total. The monoisotopic (exact) mass is 356 g/mol. The van der Waals surface area contributed by atoms with Gasteiger partial charge in [0.25, 0.3) is 5.91 Å². The molecule has 120 valence electrons. The van der Waals surface area contributed by atoms with E-state index in [0.29, 0.717) is 5.92 Å². The number of halogens is 1. The number of aryl methyl sites for hydroxylation is 1.